The van der Waals surface area contributed by atoms with E-state index >= 15 is 0 Å². The van der Waals surface area contributed by atoms with Crippen molar-refractivity contribution in [3.05, 3.63) is 46.1 Å². The standard InChI is InChI=1S/C16H19Cl2N3O/c1-3-4-11(2)16(22)20-15-7-8-19-21(15)10-12-5-6-13(17)9-14(12)18/h5-9,11H,3-4,10H2,1-2H3,(H,20,22). The highest BCUT2D eigenvalue weighted by Gasteiger charge is 2.14. The molecule has 0 saturated carbocycles. The van der Waals surface area contributed by atoms with Gasteiger partial charge >= 0.3 is 0 Å². The van der Waals surface area contributed by atoms with Crippen LogP contribution in [0, 0.1) is 5.92 Å². The van der Waals surface area contributed by atoms with Crippen molar-refractivity contribution in [2.24, 2.45) is 5.92 Å². The van der Waals surface area contributed by atoms with Gasteiger partial charge in [-0.15, -0.1) is 0 Å². The molecular formula is C16H19Cl2N3O. The molecule has 1 aromatic heterocycles. The Morgan fingerprint density at radius 1 is 1.36 bits per heavy atom. The number of amides is 1. The number of carbonyl (C=O) groups excluding carboxylic acids is 1. The van der Waals surface area contributed by atoms with E-state index in [4.69, 9.17) is 23.2 Å². The van der Waals surface area contributed by atoms with Gasteiger partial charge in [-0.2, -0.15) is 5.10 Å². The van der Waals surface area contributed by atoms with Gasteiger partial charge in [0.25, 0.3) is 0 Å². The number of halogens is 2. The molecule has 0 fully saturated rings. The van der Waals surface area contributed by atoms with Gasteiger partial charge < -0.3 is 5.32 Å². The number of nitrogens with one attached hydrogen (secondary N) is 1. The Balaban J connectivity index is 2.11. The number of rotatable bonds is 6. The van der Waals surface area contributed by atoms with E-state index in [9.17, 15) is 4.79 Å². The molecule has 0 aliphatic rings. The lowest BCUT2D eigenvalue weighted by molar-refractivity contribution is -0.119. The van der Waals surface area contributed by atoms with Crippen LogP contribution in [-0.4, -0.2) is 15.7 Å². The van der Waals surface area contributed by atoms with Gasteiger partial charge in [-0.05, 0) is 24.1 Å². The first-order valence-electron chi connectivity index (χ1n) is 7.28. The van der Waals surface area contributed by atoms with Crippen LogP contribution in [0.25, 0.3) is 0 Å². The van der Waals surface area contributed by atoms with E-state index in [2.05, 4.69) is 17.3 Å². The molecule has 0 radical (unpaired) electrons. The third-order valence-electron chi connectivity index (χ3n) is 3.47. The molecule has 4 nitrogen and oxygen atoms in total. The lowest BCUT2D eigenvalue weighted by atomic mass is 10.1. The molecule has 0 saturated heterocycles. The van der Waals surface area contributed by atoms with Crippen molar-refractivity contribution in [2.45, 2.75) is 33.2 Å². The van der Waals surface area contributed by atoms with Gasteiger partial charge in [0.1, 0.15) is 5.82 Å². The number of nitrogens with zero attached hydrogens (tertiary/aromatic N) is 2. The third-order valence-corrected chi connectivity index (χ3v) is 4.06. The number of hydrogen-bond donors (Lipinski definition) is 1. The van der Waals surface area contributed by atoms with Crippen molar-refractivity contribution >= 4 is 34.9 Å². The van der Waals surface area contributed by atoms with E-state index in [0.29, 0.717) is 22.4 Å². The van der Waals surface area contributed by atoms with Gasteiger partial charge in [-0.1, -0.05) is 49.5 Å². The number of anilines is 1. The number of aromatic nitrogens is 2. The lowest BCUT2D eigenvalue weighted by Crippen LogP contribution is -2.22. The number of hydrogen-bond acceptors (Lipinski definition) is 2. The predicted octanol–water partition coefficient (Wildman–Crippen LogP) is 4.61. The smallest absolute Gasteiger partial charge is 0.228 e. The summed E-state index contributed by atoms with van der Waals surface area (Å²) in [6, 6.07) is 7.12. The average molecular weight is 340 g/mol. The van der Waals surface area contributed by atoms with Crippen molar-refractivity contribution in [2.75, 3.05) is 5.32 Å². The summed E-state index contributed by atoms with van der Waals surface area (Å²) >= 11 is 12.1. The second-order valence-electron chi connectivity index (χ2n) is 5.29. The van der Waals surface area contributed by atoms with Gasteiger partial charge in [-0.3, -0.25) is 4.79 Å². The largest absolute Gasteiger partial charge is 0.311 e. The molecule has 22 heavy (non-hydrogen) atoms. The molecule has 1 atom stereocenters. The van der Waals surface area contributed by atoms with Gasteiger partial charge in [0.2, 0.25) is 5.91 Å². The van der Waals surface area contributed by atoms with E-state index in [1.54, 1.807) is 29.1 Å². The Labute approximate surface area is 140 Å². The second kappa shape index (κ2) is 7.65. The normalized spacial score (nSPS) is 12.2. The third kappa shape index (κ3) is 4.24. The highest BCUT2D eigenvalue weighted by molar-refractivity contribution is 6.35. The van der Waals surface area contributed by atoms with Crippen LogP contribution in [0.5, 0.6) is 0 Å². The van der Waals surface area contributed by atoms with Crippen LogP contribution in [0.4, 0.5) is 5.82 Å². The van der Waals surface area contributed by atoms with Crippen LogP contribution >= 0.6 is 23.2 Å². The summed E-state index contributed by atoms with van der Waals surface area (Å²) in [5, 5.41) is 8.34. The van der Waals surface area contributed by atoms with Gasteiger partial charge in [-0.25, -0.2) is 4.68 Å². The van der Waals surface area contributed by atoms with Crippen LogP contribution in [0.1, 0.15) is 32.3 Å². The molecule has 2 aromatic rings. The van der Waals surface area contributed by atoms with Crippen LogP contribution in [0.2, 0.25) is 10.0 Å². The first kappa shape index (κ1) is 16.8. The van der Waals surface area contributed by atoms with Crippen molar-refractivity contribution in [3.8, 4) is 0 Å². The maximum atomic E-state index is 12.1. The van der Waals surface area contributed by atoms with Gasteiger partial charge in [0.15, 0.2) is 0 Å². The summed E-state index contributed by atoms with van der Waals surface area (Å²) in [6.07, 6.45) is 3.50. The van der Waals surface area contributed by atoms with Gasteiger partial charge in [0.05, 0.1) is 12.7 Å². The molecule has 6 heteroatoms. The van der Waals surface area contributed by atoms with E-state index in [1.807, 2.05) is 13.0 Å². The molecule has 0 aliphatic heterocycles. The van der Waals surface area contributed by atoms with E-state index in [0.717, 1.165) is 18.4 Å². The molecule has 1 N–H and O–H groups in total. The maximum Gasteiger partial charge on any atom is 0.228 e. The Kier molecular flexibility index (Phi) is 5.86. The fraction of sp³-hybridized carbons (Fsp3) is 0.375. The molecule has 0 bridgehead atoms. The lowest BCUT2D eigenvalue weighted by Gasteiger charge is -2.13. The first-order valence-corrected chi connectivity index (χ1v) is 8.03. The minimum atomic E-state index is -0.0209. The molecule has 2 rings (SSSR count). The summed E-state index contributed by atoms with van der Waals surface area (Å²) in [5.74, 6) is 0.650. The van der Waals surface area contributed by atoms with Crippen molar-refractivity contribution in [1.29, 1.82) is 0 Å². The topological polar surface area (TPSA) is 46.9 Å². The minimum absolute atomic E-state index is 0.00537. The molecule has 1 amide bonds. The first-order chi connectivity index (χ1) is 10.5. The molecule has 1 aromatic carbocycles. The van der Waals surface area contributed by atoms with Crippen LogP contribution < -0.4 is 5.32 Å². The number of benzene rings is 1. The average Bonchev–Trinajstić information content (AvgIpc) is 2.89. The summed E-state index contributed by atoms with van der Waals surface area (Å²) in [7, 11) is 0. The van der Waals surface area contributed by atoms with Gasteiger partial charge in [0, 0.05) is 22.0 Å². The van der Waals surface area contributed by atoms with Crippen LogP contribution in [-0.2, 0) is 11.3 Å². The van der Waals surface area contributed by atoms with Crippen LogP contribution in [0.3, 0.4) is 0 Å². The Morgan fingerprint density at radius 3 is 2.82 bits per heavy atom. The van der Waals surface area contributed by atoms with Crippen molar-refractivity contribution in [1.82, 2.24) is 9.78 Å². The summed E-state index contributed by atoms with van der Waals surface area (Å²) in [4.78, 5) is 12.1. The predicted molar refractivity (Wildman–Crippen MR) is 90.5 cm³/mol. The summed E-state index contributed by atoms with van der Waals surface area (Å²) < 4.78 is 1.71. The zero-order chi connectivity index (χ0) is 16.1. The van der Waals surface area contributed by atoms with Crippen LogP contribution in [0.15, 0.2) is 30.5 Å². The monoisotopic (exact) mass is 339 g/mol. The molecule has 1 unspecified atom stereocenters. The Bertz CT molecular complexity index is 655. The quantitative estimate of drug-likeness (QED) is 0.834. The molecule has 118 valence electrons. The zero-order valence-electron chi connectivity index (χ0n) is 12.6. The molecular weight excluding hydrogens is 321 g/mol. The molecule has 1 heterocycles. The van der Waals surface area contributed by atoms with Crippen molar-refractivity contribution in [3.63, 3.8) is 0 Å². The Morgan fingerprint density at radius 2 is 2.14 bits per heavy atom. The van der Waals surface area contributed by atoms with E-state index < -0.39 is 0 Å². The highest BCUT2D eigenvalue weighted by Crippen LogP contribution is 2.23. The number of carbonyl (C=O) groups is 1. The second-order valence-corrected chi connectivity index (χ2v) is 6.13. The highest BCUT2D eigenvalue weighted by atomic mass is 35.5. The SMILES string of the molecule is CCCC(C)C(=O)Nc1ccnn1Cc1ccc(Cl)cc1Cl. The summed E-state index contributed by atoms with van der Waals surface area (Å²) in [5.41, 5.74) is 0.895. The maximum absolute atomic E-state index is 12.1. The minimum Gasteiger partial charge on any atom is -0.311 e. The van der Waals surface area contributed by atoms with E-state index in [-0.39, 0.29) is 11.8 Å². The van der Waals surface area contributed by atoms with Crippen molar-refractivity contribution < 1.29 is 4.79 Å². The molecule has 0 aliphatic carbocycles. The fourth-order valence-electron chi connectivity index (χ4n) is 2.19. The Hall–Kier alpha value is -1.52. The fourth-order valence-corrected chi connectivity index (χ4v) is 2.66. The van der Waals surface area contributed by atoms with E-state index in [1.165, 1.54) is 0 Å². The molecule has 0 spiro atoms. The summed E-state index contributed by atoms with van der Waals surface area (Å²) in [6.45, 7) is 4.47. The zero-order valence-corrected chi connectivity index (χ0v) is 14.2.